The smallest absolute Gasteiger partial charge is 0.335 e. The van der Waals surface area contributed by atoms with Gasteiger partial charge in [0.25, 0.3) is 0 Å². The molecule has 0 radical (unpaired) electrons. The largest absolute Gasteiger partial charge is 0.507 e. The van der Waals surface area contributed by atoms with Gasteiger partial charge in [0.05, 0.1) is 19.8 Å². The number of ether oxygens (including phenoxy) is 2. The molecule has 1 atom stereocenters. The molecule has 6 heteroatoms. The van der Waals surface area contributed by atoms with Crippen molar-refractivity contribution in [2.75, 3.05) is 14.2 Å². The van der Waals surface area contributed by atoms with Crippen LogP contribution in [0.2, 0.25) is 0 Å². The number of phenolic OH excluding ortho intramolecular Hbond substituents is 1. The van der Waals surface area contributed by atoms with Crippen molar-refractivity contribution >= 4 is 11.8 Å². The number of rotatable bonds is 5. The van der Waals surface area contributed by atoms with Gasteiger partial charge in [-0.3, -0.25) is 4.79 Å². The molecule has 0 unspecified atom stereocenters. The normalized spacial score (nSPS) is 11.7. The Morgan fingerprint density at radius 2 is 2.00 bits per heavy atom. The molecule has 6 nitrogen and oxygen atoms in total. The lowest BCUT2D eigenvalue weighted by Crippen LogP contribution is -2.25. The highest BCUT2D eigenvalue weighted by atomic mass is 16.5. The Labute approximate surface area is 104 Å². The van der Waals surface area contributed by atoms with E-state index < -0.39 is 24.3 Å². The second kappa shape index (κ2) is 6.02. The molecule has 0 spiro atoms. The predicted molar refractivity (Wildman–Crippen MR) is 61.6 cm³/mol. The molecular weight excluding hydrogens is 240 g/mol. The van der Waals surface area contributed by atoms with E-state index in [0.29, 0.717) is 5.75 Å². The van der Waals surface area contributed by atoms with Crippen LogP contribution in [-0.2, 0) is 9.53 Å². The molecule has 0 heterocycles. The van der Waals surface area contributed by atoms with E-state index in [4.69, 9.17) is 4.74 Å². The number of aromatic hydroxyl groups is 1. The third kappa shape index (κ3) is 3.21. The first kappa shape index (κ1) is 14.0. The molecule has 2 N–H and O–H groups in total. The lowest BCUT2D eigenvalue weighted by atomic mass is 10.0. The fourth-order valence-corrected chi connectivity index (χ4v) is 1.37. The SMILES string of the molecule is COC(=O)[C@@H](O)CC(=O)c1cc(OC)ccc1O. The molecular formula is C12H14O6. The van der Waals surface area contributed by atoms with E-state index in [1.807, 2.05) is 0 Å². The molecule has 1 aromatic carbocycles. The number of Topliss-reactive ketones (excluding diaryl/α,β-unsaturated/α-hetero) is 1. The molecule has 1 rings (SSSR count). The van der Waals surface area contributed by atoms with Gasteiger partial charge < -0.3 is 19.7 Å². The number of phenols is 1. The zero-order chi connectivity index (χ0) is 13.7. The highest BCUT2D eigenvalue weighted by Crippen LogP contribution is 2.24. The second-order valence-electron chi connectivity index (χ2n) is 3.55. The topological polar surface area (TPSA) is 93.1 Å². The molecule has 1 aromatic rings. The van der Waals surface area contributed by atoms with Crippen LogP contribution < -0.4 is 4.74 Å². The van der Waals surface area contributed by atoms with E-state index in [0.717, 1.165) is 7.11 Å². The Kier molecular flexibility index (Phi) is 4.67. The molecule has 0 saturated heterocycles. The summed E-state index contributed by atoms with van der Waals surface area (Å²) < 4.78 is 9.21. The van der Waals surface area contributed by atoms with Crippen LogP contribution in [0.4, 0.5) is 0 Å². The standard InChI is InChI=1S/C12H14O6/c1-17-7-3-4-9(13)8(5-7)10(14)6-11(15)12(16)18-2/h3-5,11,13,15H,6H2,1-2H3/t11-/m0/s1. The number of carbonyl (C=O) groups is 2. The number of benzene rings is 1. The monoisotopic (exact) mass is 254 g/mol. The molecule has 0 aliphatic rings. The number of ketones is 1. The summed E-state index contributed by atoms with van der Waals surface area (Å²) in [7, 11) is 2.53. The molecule has 0 bridgehead atoms. The summed E-state index contributed by atoms with van der Waals surface area (Å²) in [4.78, 5) is 22.8. The van der Waals surface area contributed by atoms with E-state index in [9.17, 15) is 19.8 Å². The number of esters is 1. The number of aliphatic hydroxyl groups is 1. The van der Waals surface area contributed by atoms with Gasteiger partial charge in [-0.2, -0.15) is 0 Å². The van der Waals surface area contributed by atoms with E-state index in [1.165, 1.54) is 25.3 Å². The number of hydrogen-bond donors (Lipinski definition) is 2. The summed E-state index contributed by atoms with van der Waals surface area (Å²) in [5.74, 6) is -1.32. The minimum Gasteiger partial charge on any atom is -0.507 e. The van der Waals surface area contributed by atoms with Gasteiger partial charge in [0.1, 0.15) is 11.5 Å². The molecule has 18 heavy (non-hydrogen) atoms. The van der Waals surface area contributed by atoms with Gasteiger partial charge in [0.15, 0.2) is 11.9 Å². The van der Waals surface area contributed by atoms with E-state index >= 15 is 0 Å². The summed E-state index contributed by atoms with van der Waals surface area (Å²) in [6, 6.07) is 4.13. The summed E-state index contributed by atoms with van der Waals surface area (Å²) >= 11 is 0. The third-order valence-corrected chi connectivity index (χ3v) is 2.36. The van der Waals surface area contributed by atoms with Crippen molar-refractivity contribution in [3.8, 4) is 11.5 Å². The lowest BCUT2D eigenvalue weighted by molar-refractivity contribution is -0.150. The molecule has 0 aliphatic heterocycles. The zero-order valence-corrected chi connectivity index (χ0v) is 10.0. The second-order valence-corrected chi connectivity index (χ2v) is 3.55. The van der Waals surface area contributed by atoms with Crippen LogP contribution in [0.5, 0.6) is 11.5 Å². The van der Waals surface area contributed by atoms with E-state index in [2.05, 4.69) is 4.74 Å². The van der Waals surface area contributed by atoms with Crippen molar-refractivity contribution in [3.05, 3.63) is 23.8 Å². The first-order valence-corrected chi connectivity index (χ1v) is 5.15. The van der Waals surface area contributed by atoms with E-state index in [-0.39, 0.29) is 11.3 Å². The van der Waals surface area contributed by atoms with Crippen molar-refractivity contribution in [1.82, 2.24) is 0 Å². The van der Waals surface area contributed by atoms with Crippen LogP contribution in [0.25, 0.3) is 0 Å². The number of aliphatic hydroxyl groups excluding tert-OH is 1. The van der Waals surface area contributed by atoms with Crippen molar-refractivity contribution in [2.24, 2.45) is 0 Å². The Bertz CT molecular complexity index is 454. The maximum atomic E-state index is 11.8. The Morgan fingerprint density at radius 1 is 1.33 bits per heavy atom. The summed E-state index contributed by atoms with van der Waals surface area (Å²) in [5.41, 5.74) is -0.0164. The maximum absolute atomic E-state index is 11.8. The highest BCUT2D eigenvalue weighted by Gasteiger charge is 2.22. The molecule has 0 aromatic heterocycles. The fourth-order valence-electron chi connectivity index (χ4n) is 1.37. The van der Waals surface area contributed by atoms with Gasteiger partial charge >= 0.3 is 5.97 Å². The van der Waals surface area contributed by atoms with Crippen LogP contribution in [-0.4, -0.2) is 42.3 Å². The lowest BCUT2D eigenvalue weighted by Gasteiger charge is -2.09. The van der Waals surface area contributed by atoms with Crippen molar-refractivity contribution in [1.29, 1.82) is 0 Å². The molecule has 0 amide bonds. The molecule has 0 aliphatic carbocycles. The first-order valence-electron chi connectivity index (χ1n) is 5.15. The van der Waals surface area contributed by atoms with Gasteiger partial charge in [-0.15, -0.1) is 0 Å². The number of hydrogen-bond acceptors (Lipinski definition) is 6. The molecule has 0 fully saturated rings. The Morgan fingerprint density at radius 3 is 2.56 bits per heavy atom. The summed E-state index contributed by atoms with van der Waals surface area (Å²) in [6.45, 7) is 0. The molecule has 0 saturated carbocycles. The molecule has 98 valence electrons. The fraction of sp³-hybridized carbons (Fsp3) is 0.333. The first-order chi connectivity index (χ1) is 8.49. The van der Waals surface area contributed by atoms with Crippen molar-refractivity contribution in [3.63, 3.8) is 0 Å². The highest BCUT2D eigenvalue weighted by molar-refractivity contribution is 6.01. The van der Waals surface area contributed by atoms with Crippen LogP contribution in [0.3, 0.4) is 0 Å². The van der Waals surface area contributed by atoms with Gasteiger partial charge in [0.2, 0.25) is 0 Å². The van der Waals surface area contributed by atoms with Crippen molar-refractivity contribution < 1.29 is 29.3 Å². The quantitative estimate of drug-likeness (QED) is 0.587. The summed E-state index contributed by atoms with van der Waals surface area (Å²) in [6.07, 6.45) is -2.01. The third-order valence-electron chi connectivity index (χ3n) is 2.36. The average Bonchev–Trinajstić information content (AvgIpc) is 2.38. The van der Waals surface area contributed by atoms with Crippen LogP contribution >= 0.6 is 0 Å². The Hall–Kier alpha value is -2.08. The van der Waals surface area contributed by atoms with Crippen molar-refractivity contribution in [2.45, 2.75) is 12.5 Å². The van der Waals surface area contributed by atoms with E-state index in [1.54, 1.807) is 0 Å². The van der Waals surface area contributed by atoms with Gasteiger partial charge in [-0.1, -0.05) is 0 Å². The predicted octanol–water partition coefficient (Wildman–Crippen LogP) is 0.507. The average molecular weight is 254 g/mol. The van der Waals surface area contributed by atoms with Crippen LogP contribution in [0.15, 0.2) is 18.2 Å². The van der Waals surface area contributed by atoms with Gasteiger partial charge in [-0.25, -0.2) is 4.79 Å². The number of methoxy groups -OCH3 is 2. The maximum Gasteiger partial charge on any atom is 0.335 e. The minimum absolute atomic E-state index is 0.0164. The number of carbonyl (C=O) groups excluding carboxylic acids is 2. The Balaban J connectivity index is 2.87. The van der Waals surface area contributed by atoms with Crippen LogP contribution in [0.1, 0.15) is 16.8 Å². The minimum atomic E-state index is -1.55. The zero-order valence-electron chi connectivity index (χ0n) is 10.0. The van der Waals surface area contributed by atoms with Gasteiger partial charge in [0, 0.05) is 6.42 Å². The van der Waals surface area contributed by atoms with Crippen LogP contribution in [0, 0.1) is 0 Å². The summed E-state index contributed by atoms with van der Waals surface area (Å²) in [5, 5.41) is 18.9. The van der Waals surface area contributed by atoms with Gasteiger partial charge in [-0.05, 0) is 18.2 Å².